The number of likely N-dealkylation sites (N-methyl/N-ethyl adjacent to an activating group) is 1. The summed E-state index contributed by atoms with van der Waals surface area (Å²) in [5.74, 6) is -8.66. The van der Waals surface area contributed by atoms with E-state index in [0.717, 1.165) is 22.8 Å². The first-order valence-corrected chi connectivity index (χ1v) is 8.53. The van der Waals surface area contributed by atoms with E-state index in [1.807, 2.05) is 0 Å². The third kappa shape index (κ3) is 3.12. The molecular weight excluding hydrogens is 392 g/mol. The summed E-state index contributed by atoms with van der Waals surface area (Å²) in [6.07, 6.45) is 0. The summed E-state index contributed by atoms with van der Waals surface area (Å²) in [5, 5.41) is 11.8. The van der Waals surface area contributed by atoms with Crippen LogP contribution in [0, 0.1) is 30.2 Å². The molecule has 5 nitrogen and oxygen atoms in total. The zero-order chi connectivity index (χ0) is 21.6. The number of hydrogen-bond donors (Lipinski definition) is 2. The normalized spacial score (nSPS) is 12.2. The van der Waals surface area contributed by atoms with E-state index in [-0.39, 0.29) is 27.7 Å². The van der Waals surface area contributed by atoms with Crippen LogP contribution in [0.4, 0.5) is 17.6 Å². The number of carbonyl (C=O) groups is 2. The molecular formula is C20H16F4N2O3. The molecule has 0 unspecified atom stereocenters. The number of aromatic nitrogens is 1. The molecule has 29 heavy (non-hydrogen) atoms. The smallest absolute Gasteiger partial charge is 0.262 e. The molecule has 0 spiro atoms. The third-order valence-corrected chi connectivity index (χ3v) is 4.85. The maximum absolute atomic E-state index is 14.8. The molecule has 0 bridgehead atoms. The summed E-state index contributed by atoms with van der Waals surface area (Å²) in [7, 11) is 1.37. The molecule has 0 saturated heterocycles. The van der Waals surface area contributed by atoms with E-state index in [1.165, 1.54) is 20.9 Å². The Bertz CT molecular complexity index is 1170. The number of phenols is 1. The second-order valence-corrected chi connectivity index (χ2v) is 6.52. The van der Waals surface area contributed by atoms with Crippen molar-refractivity contribution in [2.24, 2.45) is 0 Å². The van der Waals surface area contributed by atoms with Crippen LogP contribution in [0.25, 0.3) is 10.9 Å². The van der Waals surface area contributed by atoms with E-state index in [4.69, 9.17) is 0 Å². The van der Waals surface area contributed by atoms with Gasteiger partial charge in [-0.05, 0) is 37.6 Å². The maximum atomic E-state index is 14.8. The van der Waals surface area contributed by atoms with Crippen LogP contribution in [-0.4, -0.2) is 28.5 Å². The zero-order valence-corrected chi connectivity index (χ0v) is 15.6. The fourth-order valence-electron chi connectivity index (χ4n) is 3.41. The van der Waals surface area contributed by atoms with Crippen molar-refractivity contribution in [3.8, 4) is 5.75 Å². The lowest BCUT2D eigenvalue weighted by atomic mass is 9.96. The zero-order valence-electron chi connectivity index (χ0n) is 15.6. The van der Waals surface area contributed by atoms with Crippen LogP contribution in [-0.2, 0) is 4.79 Å². The molecule has 2 aromatic carbocycles. The number of nitrogens with zero attached hydrogens (tertiary/aromatic N) is 1. The minimum absolute atomic E-state index is 0.0584. The number of aromatic hydroxyl groups is 1. The number of fused-ring (bicyclic) bond motifs is 1. The Morgan fingerprint density at radius 2 is 1.72 bits per heavy atom. The Labute approximate surface area is 162 Å². The molecule has 1 amide bonds. The highest BCUT2D eigenvalue weighted by Crippen LogP contribution is 2.38. The molecule has 0 saturated carbocycles. The number of phenolic OH excluding ortho intramolecular Hbond substituents is 1. The highest BCUT2D eigenvalue weighted by atomic mass is 19.2. The number of rotatable bonds is 3. The van der Waals surface area contributed by atoms with Gasteiger partial charge in [-0.15, -0.1) is 0 Å². The summed E-state index contributed by atoms with van der Waals surface area (Å²) in [6.45, 7) is 2.85. The molecule has 3 aromatic rings. The van der Waals surface area contributed by atoms with Gasteiger partial charge in [-0.25, -0.2) is 17.6 Å². The predicted octanol–water partition coefficient (Wildman–Crippen LogP) is 3.75. The van der Waals surface area contributed by atoms with Crippen LogP contribution in [0.2, 0.25) is 0 Å². The Balaban J connectivity index is 2.38. The summed E-state index contributed by atoms with van der Waals surface area (Å²) >= 11 is 0. The quantitative estimate of drug-likeness (QED) is 0.649. The van der Waals surface area contributed by atoms with Gasteiger partial charge in [-0.3, -0.25) is 14.2 Å². The SMILES string of the molecule is CNC(=O)[C@@H](C)c1c(C)n(C(=O)c2ccc(F)c(F)c2)c2cc(F)c(O)c(F)c12. The van der Waals surface area contributed by atoms with E-state index in [2.05, 4.69) is 5.32 Å². The van der Waals surface area contributed by atoms with E-state index in [0.29, 0.717) is 6.07 Å². The molecule has 0 aliphatic heterocycles. The van der Waals surface area contributed by atoms with Crippen molar-refractivity contribution in [2.75, 3.05) is 7.05 Å². The largest absolute Gasteiger partial charge is 0.503 e. The Morgan fingerprint density at radius 3 is 2.31 bits per heavy atom. The van der Waals surface area contributed by atoms with Gasteiger partial charge in [0, 0.05) is 29.8 Å². The number of hydrogen-bond acceptors (Lipinski definition) is 3. The molecule has 3 rings (SSSR count). The van der Waals surface area contributed by atoms with Gasteiger partial charge >= 0.3 is 0 Å². The van der Waals surface area contributed by atoms with Gasteiger partial charge in [-0.2, -0.15) is 0 Å². The average Bonchev–Trinajstić information content (AvgIpc) is 2.98. The van der Waals surface area contributed by atoms with E-state index >= 15 is 0 Å². The van der Waals surface area contributed by atoms with Crippen LogP contribution < -0.4 is 5.32 Å². The second-order valence-electron chi connectivity index (χ2n) is 6.52. The number of nitrogens with one attached hydrogen (secondary N) is 1. The van der Waals surface area contributed by atoms with Gasteiger partial charge in [0.2, 0.25) is 5.91 Å². The van der Waals surface area contributed by atoms with Crippen molar-refractivity contribution >= 4 is 22.7 Å². The number of halogens is 4. The first kappa shape index (κ1) is 20.4. The summed E-state index contributed by atoms with van der Waals surface area (Å²) in [4.78, 5) is 25.1. The van der Waals surface area contributed by atoms with E-state index in [1.54, 1.807) is 0 Å². The van der Waals surface area contributed by atoms with Crippen LogP contribution in [0.3, 0.4) is 0 Å². The van der Waals surface area contributed by atoms with Gasteiger partial charge in [0.05, 0.1) is 11.4 Å². The maximum Gasteiger partial charge on any atom is 0.262 e. The molecule has 1 atom stereocenters. The molecule has 0 fully saturated rings. The van der Waals surface area contributed by atoms with Gasteiger partial charge in [0.25, 0.3) is 5.91 Å². The fourth-order valence-corrected chi connectivity index (χ4v) is 3.41. The molecule has 0 aliphatic rings. The molecule has 152 valence electrons. The highest BCUT2D eigenvalue weighted by molar-refractivity contribution is 6.05. The first-order chi connectivity index (χ1) is 13.6. The van der Waals surface area contributed by atoms with Gasteiger partial charge in [0.15, 0.2) is 29.0 Å². The molecule has 9 heteroatoms. The highest BCUT2D eigenvalue weighted by Gasteiger charge is 2.30. The van der Waals surface area contributed by atoms with Crippen molar-refractivity contribution in [1.29, 1.82) is 0 Å². The van der Waals surface area contributed by atoms with Crippen molar-refractivity contribution < 1.29 is 32.3 Å². The number of carbonyl (C=O) groups excluding carboxylic acids is 2. The minimum atomic E-state index is -1.33. The van der Waals surface area contributed by atoms with Crippen LogP contribution >= 0.6 is 0 Å². The standard InChI is InChI=1S/C20H16F4N2O3/c1-8(19(28)25-3)15-9(2)26(14-7-13(23)18(27)17(24)16(14)15)20(29)10-4-5-11(21)12(22)6-10/h4-8,27H,1-3H3,(H,25,28)/t8-/m0/s1. The Hall–Kier alpha value is -3.36. The molecule has 0 radical (unpaired) electrons. The Morgan fingerprint density at radius 1 is 1.07 bits per heavy atom. The summed E-state index contributed by atoms with van der Waals surface area (Å²) in [5.41, 5.74) is -0.370. The molecule has 1 heterocycles. The lowest BCUT2D eigenvalue weighted by molar-refractivity contribution is -0.121. The van der Waals surface area contributed by atoms with Crippen LogP contribution in [0.15, 0.2) is 24.3 Å². The van der Waals surface area contributed by atoms with Crippen LogP contribution in [0.5, 0.6) is 5.75 Å². The van der Waals surface area contributed by atoms with Gasteiger partial charge in [-0.1, -0.05) is 0 Å². The van der Waals surface area contributed by atoms with Gasteiger partial charge in [0.1, 0.15) is 0 Å². The van der Waals surface area contributed by atoms with Crippen molar-refractivity contribution in [1.82, 2.24) is 9.88 Å². The molecule has 2 N–H and O–H groups in total. The van der Waals surface area contributed by atoms with Gasteiger partial charge < -0.3 is 10.4 Å². The lowest BCUT2D eigenvalue weighted by Crippen LogP contribution is -2.24. The summed E-state index contributed by atoms with van der Waals surface area (Å²) in [6, 6.07) is 3.20. The third-order valence-electron chi connectivity index (χ3n) is 4.85. The monoisotopic (exact) mass is 408 g/mol. The average molecular weight is 408 g/mol. The predicted molar refractivity (Wildman–Crippen MR) is 96.8 cm³/mol. The van der Waals surface area contributed by atoms with Crippen molar-refractivity contribution in [2.45, 2.75) is 19.8 Å². The van der Waals surface area contributed by atoms with Crippen molar-refractivity contribution in [3.05, 3.63) is 64.4 Å². The summed E-state index contributed by atoms with van der Waals surface area (Å²) < 4.78 is 56.5. The Kier molecular flexibility index (Phi) is 5.08. The second kappa shape index (κ2) is 7.23. The molecule has 1 aromatic heterocycles. The lowest BCUT2D eigenvalue weighted by Gasteiger charge is -2.12. The van der Waals surface area contributed by atoms with E-state index < -0.39 is 46.8 Å². The number of amides is 1. The topological polar surface area (TPSA) is 71.3 Å². The van der Waals surface area contributed by atoms with Crippen molar-refractivity contribution in [3.63, 3.8) is 0 Å². The molecule has 0 aliphatic carbocycles. The fraction of sp³-hybridized carbons (Fsp3) is 0.200. The minimum Gasteiger partial charge on any atom is -0.503 e. The number of benzene rings is 2. The van der Waals surface area contributed by atoms with E-state index in [9.17, 15) is 32.3 Å². The van der Waals surface area contributed by atoms with Crippen LogP contribution in [0.1, 0.15) is 34.5 Å². The first-order valence-electron chi connectivity index (χ1n) is 8.53.